The number of nitro groups is 1. The number of likely N-dealkylation sites (N-methyl/N-ethyl adjacent to an activating group) is 1. The molecule has 0 bridgehead atoms. The van der Waals surface area contributed by atoms with Crippen LogP contribution in [0, 0.1) is 32.8 Å². The van der Waals surface area contributed by atoms with Crippen LogP contribution in [0.3, 0.4) is 0 Å². The van der Waals surface area contributed by atoms with Crippen molar-refractivity contribution in [1.29, 1.82) is 10.5 Å². The maximum atomic E-state index is 10.7. The highest BCUT2D eigenvalue weighted by Crippen LogP contribution is 2.17. The number of hydrogen-bond acceptors (Lipinski definition) is 6. The molecule has 7 heteroatoms. The number of anilines is 1. The lowest BCUT2D eigenvalue weighted by molar-refractivity contribution is -0.384. The van der Waals surface area contributed by atoms with E-state index in [9.17, 15) is 10.1 Å². The predicted octanol–water partition coefficient (Wildman–Crippen LogP) is 2.38. The molecule has 7 nitrogen and oxygen atoms in total. The molecule has 0 unspecified atom stereocenters. The third kappa shape index (κ3) is 4.37. The largest absolute Gasteiger partial charge is 0.376 e. The zero-order valence-corrected chi connectivity index (χ0v) is 11.6. The average Bonchev–Trinajstić information content (AvgIpc) is 2.46. The van der Waals surface area contributed by atoms with Crippen molar-refractivity contribution in [2.24, 2.45) is 0 Å². The van der Waals surface area contributed by atoms with Crippen molar-refractivity contribution in [3.05, 3.63) is 57.9 Å². The van der Waals surface area contributed by atoms with Gasteiger partial charge in [-0.3, -0.25) is 10.1 Å². The molecular weight excluding hydrogens is 270 g/mol. The molecule has 106 valence electrons. The van der Waals surface area contributed by atoms with Gasteiger partial charge in [0.05, 0.1) is 10.6 Å². The zero-order chi connectivity index (χ0) is 15.8. The maximum Gasteiger partial charge on any atom is 0.271 e. The van der Waals surface area contributed by atoms with Crippen LogP contribution >= 0.6 is 0 Å². The molecular formula is C14H13N5O2. The second-order valence-corrected chi connectivity index (χ2v) is 4.16. The van der Waals surface area contributed by atoms with Gasteiger partial charge in [0.15, 0.2) is 5.57 Å². The third-order valence-electron chi connectivity index (χ3n) is 2.51. The average molecular weight is 283 g/mol. The van der Waals surface area contributed by atoms with E-state index in [4.69, 9.17) is 10.5 Å². The van der Waals surface area contributed by atoms with Gasteiger partial charge in [-0.05, 0) is 12.1 Å². The monoisotopic (exact) mass is 283 g/mol. The summed E-state index contributed by atoms with van der Waals surface area (Å²) in [5.41, 5.74) is 0.940. The van der Waals surface area contributed by atoms with Crippen LogP contribution in [0.5, 0.6) is 0 Å². The van der Waals surface area contributed by atoms with E-state index < -0.39 is 4.92 Å². The van der Waals surface area contributed by atoms with Crippen LogP contribution in [-0.4, -0.2) is 23.9 Å². The van der Waals surface area contributed by atoms with Crippen LogP contribution in [0.25, 0.3) is 0 Å². The number of rotatable bonds is 5. The van der Waals surface area contributed by atoms with Crippen LogP contribution in [0.15, 0.2) is 47.8 Å². The molecule has 21 heavy (non-hydrogen) atoms. The smallest absolute Gasteiger partial charge is 0.271 e. The molecule has 0 aromatic heterocycles. The first kappa shape index (κ1) is 15.7. The fraction of sp³-hybridized carbons (Fsp3) is 0.143. The first-order valence-corrected chi connectivity index (χ1v) is 5.89. The van der Waals surface area contributed by atoms with E-state index in [1.807, 2.05) is 12.1 Å². The van der Waals surface area contributed by atoms with Gasteiger partial charge >= 0.3 is 0 Å². The van der Waals surface area contributed by atoms with Crippen molar-refractivity contribution in [3.63, 3.8) is 0 Å². The first-order valence-electron chi connectivity index (χ1n) is 5.89. The molecule has 1 aromatic carbocycles. The molecule has 1 aromatic rings. The number of hydrogen-bond donors (Lipinski definition) is 1. The number of non-ortho nitro benzene ring substituents is 1. The quantitative estimate of drug-likeness (QED) is 0.385. The number of benzene rings is 1. The topological polar surface area (TPSA) is 106 Å². The van der Waals surface area contributed by atoms with Crippen LogP contribution in [0.2, 0.25) is 0 Å². The summed E-state index contributed by atoms with van der Waals surface area (Å²) in [7, 11) is 3.42. The Labute approximate surface area is 122 Å². The predicted molar refractivity (Wildman–Crippen MR) is 77.8 cm³/mol. The molecule has 0 aliphatic rings. The second-order valence-electron chi connectivity index (χ2n) is 4.16. The summed E-state index contributed by atoms with van der Waals surface area (Å²) in [4.78, 5) is 11.8. The lowest BCUT2D eigenvalue weighted by Gasteiger charge is -2.13. The van der Waals surface area contributed by atoms with Crippen LogP contribution in [0.4, 0.5) is 11.4 Å². The molecule has 1 N–H and O–H groups in total. The summed E-state index contributed by atoms with van der Waals surface area (Å²) in [5, 5.41) is 31.3. The van der Waals surface area contributed by atoms with E-state index in [-0.39, 0.29) is 11.3 Å². The minimum Gasteiger partial charge on any atom is -0.376 e. The summed E-state index contributed by atoms with van der Waals surface area (Å²) < 4.78 is 0. The number of nitrogens with one attached hydrogen (secondary N) is 1. The Bertz CT molecular complexity index is 661. The van der Waals surface area contributed by atoms with Crippen LogP contribution < -0.4 is 5.32 Å². The SMILES string of the molecule is CN(C)C(C=CNc1cccc([N+](=O)[O-])c1)=C(C#N)C#N. The minimum atomic E-state index is -0.483. The highest BCUT2D eigenvalue weighted by molar-refractivity contribution is 5.53. The molecule has 0 radical (unpaired) electrons. The molecule has 0 saturated heterocycles. The molecule has 0 spiro atoms. The standard InChI is InChI=1S/C14H13N5O2/c1-18(2)14(11(9-15)10-16)6-7-17-12-4-3-5-13(8-12)19(20)21/h3-8,17H,1-2H3. The molecule has 0 aliphatic carbocycles. The number of nitrogens with zero attached hydrogens (tertiary/aromatic N) is 4. The summed E-state index contributed by atoms with van der Waals surface area (Å²) in [6.07, 6.45) is 3.07. The number of allylic oxidation sites excluding steroid dienone is 2. The lowest BCUT2D eigenvalue weighted by Crippen LogP contribution is -2.11. The van der Waals surface area contributed by atoms with Crippen molar-refractivity contribution in [1.82, 2.24) is 4.90 Å². The van der Waals surface area contributed by atoms with Gasteiger partial charge in [-0.25, -0.2) is 0 Å². The molecule has 1 rings (SSSR count). The highest BCUT2D eigenvalue weighted by Gasteiger charge is 2.06. The van der Waals surface area contributed by atoms with E-state index in [2.05, 4.69) is 5.32 Å². The molecule has 0 atom stereocenters. The van der Waals surface area contributed by atoms with Gasteiger partial charge in [0, 0.05) is 38.1 Å². The molecule has 0 aliphatic heterocycles. The minimum absolute atomic E-state index is 0.0166. The van der Waals surface area contributed by atoms with Crippen molar-refractivity contribution < 1.29 is 4.92 Å². The van der Waals surface area contributed by atoms with E-state index in [0.717, 1.165) is 0 Å². The third-order valence-corrected chi connectivity index (χ3v) is 2.51. The summed E-state index contributed by atoms with van der Waals surface area (Å²) in [6, 6.07) is 9.64. The van der Waals surface area contributed by atoms with Crippen molar-refractivity contribution in [2.75, 3.05) is 19.4 Å². The van der Waals surface area contributed by atoms with E-state index in [0.29, 0.717) is 11.4 Å². The maximum absolute atomic E-state index is 10.7. The van der Waals surface area contributed by atoms with Gasteiger partial charge in [-0.2, -0.15) is 10.5 Å². The van der Waals surface area contributed by atoms with Gasteiger partial charge in [-0.1, -0.05) is 6.07 Å². The molecule has 0 amide bonds. The first-order chi connectivity index (χ1) is 9.99. The normalized spacial score (nSPS) is 9.52. The Kier molecular flexibility index (Phi) is 5.48. The van der Waals surface area contributed by atoms with E-state index in [1.165, 1.54) is 18.3 Å². The Morgan fingerprint density at radius 2 is 2.05 bits per heavy atom. The summed E-state index contributed by atoms with van der Waals surface area (Å²) >= 11 is 0. The van der Waals surface area contributed by atoms with Crippen molar-refractivity contribution >= 4 is 11.4 Å². The second kappa shape index (κ2) is 7.31. The highest BCUT2D eigenvalue weighted by atomic mass is 16.6. The van der Waals surface area contributed by atoms with Crippen molar-refractivity contribution in [2.45, 2.75) is 0 Å². The zero-order valence-electron chi connectivity index (χ0n) is 11.6. The van der Waals surface area contributed by atoms with E-state index in [1.54, 1.807) is 37.2 Å². The van der Waals surface area contributed by atoms with Gasteiger partial charge in [-0.15, -0.1) is 0 Å². The van der Waals surface area contributed by atoms with Crippen LogP contribution in [0.1, 0.15) is 0 Å². The summed E-state index contributed by atoms with van der Waals surface area (Å²) in [5.74, 6) is 0. The Hall–Kier alpha value is -3.32. The number of nitriles is 2. The Morgan fingerprint density at radius 1 is 1.38 bits per heavy atom. The molecule has 0 heterocycles. The van der Waals surface area contributed by atoms with Gasteiger partial charge in [0.2, 0.25) is 0 Å². The Morgan fingerprint density at radius 3 is 2.57 bits per heavy atom. The lowest BCUT2D eigenvalue weighted by atomic mass is 10.2. The fourth-order valence-electron chi connectivity index (χ4n) is 1.52. The van der Waals surface area contributed by atoms with Gasteiger partial charge in [0.1, 0.15) is 12.1 Å². The number of nitro benzene ring substituents is 1. The van der Waals surface area contributed by atoms with Gasteiger partial charge < -0.3 is 10.2 Å². The Balaban J connectivity index is 2.94. The van der Waals surface area contributed by atoms with Crippen molar-refractivity contribution in [3.8, 4) is 12.1 Å². The summed E-state index contributed by atoms with van der Waals surface area (Å²) in [6.45, 7) is 0. The van der Waals surface area contributed by atoms with Crippen LogP contribution in [-0.2, 0) is 0 Å². The molecule has 0 fully saturated rings. The van der Waals surface area contributed by atoms with E-state index >= 15 is 0 Å². The molecule has 0 saturated carbocycles. The fourth-order valence-corrected chi connectivity index (χ4v) is 1.52. The van der Waals surface area contributed by atoms with Gasteiger partial charge in [0.25, 0.3) is 5.69 Å².